The van der Waals surface area contributed by atoms with E-state index in [0.29, 0.717) is 29.5 Å². The first-order valence-electron chi connectivity index (χ1n) is 7.54. The number of aryl methyl sites for hydroxylation is 2. The lowest BCUT2D eigenvalue weighted by Crippen LogP contribution is -2.38. The molecule has 1 heterocycles. The summed E-state index contributed by atoms with van der Waals surface area (Å²) >= 11 is 0. The predicted octanol–water partition coefficient (Wildman–Crippen LogP) is 2.72. The molecule has 0 aliphatic carbocycles. The summed E-state index contributed by atoms with van der Waals surface area (Å²) in [5.41, 5.74) is 0.708. The van der Waals surface area contributed by atoms with E-state index in [4.69, 9.17) is 4.42 Å². The topological polar surface area (TPSA) is 71.3 Å². The first-order chi connectivity index (χ1) is 9.78. The highest BCUT2D eigenvalue weighted by Crippen LogP contribution is 2.27. The van der Waals surface area contributed by atoms with Gasteiger partial charge in [0.1, 0.15) is 16.4 Å². The van der Waals surface area contributed by atoms with E-state index in [9.17, 15) is 8.42 Å². The molecule has 5 nitrogen and oxygen atoms in total. The normalized spacial score (nSPS) is 13.9. The van der Waals surface area contributed by atoms with Gasteiger partial charge in [0, 0.05) is 18.2 Å². The van der Waals surface area contributed by atoms with Gasteiger partial charge >= 0.3 is 0 Å². The molecule has 1 aromatic heterocycles. The fraction of sp³-hybridized carbons (Fsp3) is 0.733. The van der Waals surface area contributed by atoms with Crippen molar-refractivity contribution in [1.29, 1.82) is 0 Å². The molecule has 122 valence electrons. The van der Waals surface area contributed by atoms with Gasteiger partial charge in [-0.15, -0.1) is 0 Å². The maximum absolute atomic E-state index is 12.7. The summed E-state index contributed by atoms with van der Waals surface area (Å²) in [6, 6.07) is -0.0953. The molecule has 0 saturated heterocycles. The van der Waals surface area contributed by atoms with Crippen LogP contribution in [0.15, 0.2) is 9.31 Å². The van der Waals surface area contributed by atoms with Gasteiger partial charge in [0.2, 0.25) is 10.0 Å². The Morgan fingerprint density at radius 1 is 1.14 bits per heavy atom. The molecule has 0 fully saturated rings. The van der Waals surface area contributed by atoms with E-state index < -0.39 is 10.0 Å². The van der Waals surface area contributed by atoms with Crippen LogP contribution < -0.4 is 10.0 Å². The van der Waals surface area contributed by atoms with Crippen molar-refractivity contribution >= 4 is 10.0 Å². The van der Waals surface area contributed by atoms with Gasteiger partial charge in [-0.2, -0.15) is 0 Å². The molecule has 0 aliphatic heterocycles. The van der Waals surface area contributed by atoms with Gasteiger partial charge in [0.15, 0.2) is 0 Å². The maximum atomic E-state index is 12.7. The number of furan rings is 1. The summed E-state index contributed by atoms with van der Waals surface area (Å²) in [5, 5.41) is 3.00. The lowest BCUT2D eigenvalue weighted by Gasteiger charge is -2.22. The highest BCUT2D eigenvalue weighted by molar-refractivity contribution is 7.89. The third-order valence-electron chi connectivity index (χ3n) is 4.04. The smallest absolute Gasteiger partial charge is 0.244 e. The molecule has 1 aromatic rings. The standard InChI is InChI=1S/C15H28N2O3S/c1-7-13(8-2)10(3)17-21(18,19)15-12(5)20-11(4)14(15)9-16-6/h10,13,16-17H,7-9H2,1-6H3. The molecule has 1 unspecified atom stereocenters. The van der Waals surface area contributed by atoms with Crippen LogP contribution in [0.3, 0.4) is 0 Å². The Morgan fingerprint density at radius 3 is 2.19 bits per heavy atom. The van der Waals surface area contributed by atoms with E-state index in [2.05, 4.69) is 23.9 Å². The minimum atomic E-state index is -3.57. The molecule has 0 amide bonds. The van der Waals surface area contributed by atoms with Crippen LogP contribution in [-0.2, 0) is 16.6 Å². The second-order valence-electron chi connectivity index (χ2n) is 5.54. The summed E-state index contributed by atoms with van der Waals surface area (Å²) in [5.74, 6) is 1.43. The van der Waals surface area contributed by atoms with Crippen LogP contribution in [0.5, 0.6) is 0 Å². The molecule has 1 atom stereocenters. The zero-order valence-electron chi connectivity index (χ0n) is 13.9. The zero-order chi connectivity index (χ0) is 16.2. The molecule has 1 rings (SSSR count). The van der Waals surface area contributed by atoms with Crippen molar-refractivity contribution in [2.45, 2.75) is 64.9 Å². The molecule has 2 N–H and O–H groups in total. The van der Waals surface area contributed by atoms with E-state index in [1.807, 2.05) is 6.92 Å². The number of sulfonamides is 1. The number of hydrogen-bond donors (Lipinski definition) is 2. The van der Waals surface area contributed by atoms with Gasteiger partial charge in [0.25, 0.3) is 0 Å². The van der Waals surface area contributed by atoms with E-state index in [1.165, 1.54) is 0 Å². The van der Waals surface area contributed by atoms with Crippen LogP contribution in [0.25, 0.3) is 0 Å². The van der Waals surface area contributed by atoms with Crippen molar-refractivity contribution in [3.8, 4) is 0 Å². The van der Waals surface area contributed by atoms with E-state index in [-0.39, 0.29) is 10.9 Å². The zero-order valence-corrected chi connectivity index (χ0v) is 14.7. The molecular formula is C15H28N2O3S. The molecule has 6 heteroatoms. The summed E-state index contributed by atoms with van der Waals surface area (Å²) < 4.78 is 33.8. The molecule has 0 aliphatic rings. The molecular weight excluding hydrogens is 288 g/mol. The molecule has 0 saturated carbocycles. The Balaban J connectivity index is 3.14. The minimum Gasteiger partial charge on any atom is -0.465 e. The van der Waals surface area contributed by atoms with Crippen LogP contribution in [0.2, 0.25) is 0 Å². The van der Waals surface area contributed by atoms with Gasteiger partial charge in [-0.25, -0.2) is 13.1 Å². The van der Waals surface area contributed by atoms with Crippen molar-refractivity contribution in [1.82, 2.24) is 10.0 Å². The SMILES string of the molecule is CCC(CC)C(C)NS(=O)(=O)c1c(C)oc(C)c1CNC. The minimum absolute atomic E-state index is 0.0953. The van der Waals surface area contributed by atoms with Gasteiger partial charge in [-0.05, 0) is 33.7 Å². The number of nitrogens with one attached hydrogen (secondary N) is 2. The van der Waals surface area contributed by atoms with Crippen molar-refractivity contribution in [2.24, 2.45) is 5.92 Å². The lowest BCUT2D eigenvalue weighted by molar-refractivity contribution is 0.390. The molecule has 0 spiro atoms. The summed E-state index contributed by atoms with van der Waals surface area (Å²) in [4.78, 5) is 0.284. The average molecular weight is 316 g/mol. The van der Waals surface area contributed by atoms with Crippen molar-refractivity contribution < 1.29 is 12.8 Å². The molecule has 0 bridgehead atoms. The summed E-state index contributed by atoms with van der Waals surface area (Å²) in [7, 11) is -1.78. The molecule has 0 aromatic carbocycles. The summed E-state index contributed by atoms with van der Waals surface area (Å²) in [6.45, 7) is 10.1. The highest BCUT2D eigenvalue weighted by Gasteiger charge is 2.29. The van der Waals surface area contributed by atoms with Crippen LogP contribution in [0.1, 0.15) is 50.7 Å². The maximum Gasteiger partial charge on any atom is 0.244 e. The van der Waals surface area contributed by atoms with Crippen molar-refractivity contribution in [2.75, 3.05) is 7.05 Å². The Labute approximate surface area is 128 Å². The number of hydrogen-bond acceptors (Lipinski definition) is 4. The van der Waals surface area contributed by atoms with Crippen molar-refractivity contribution in [3.63, 3.8) is 0 Å². The Kier molecular flexibility index (Phi) is 6.43. The predicted molar refractivity (Wildman–Crippen MR) is 84.8 cm³/mol. The fourth-order valence-corrected chi connectivity index (χ4v) is 4.60. The van der Waals surface area contributed by atoms with E-state index in [0.717, 1.165) is 12.8 Å². The highest BCUT2D eigenvalue weighted by atomic mass is 32.2. The first kappa shape index (κ1) is 18.2. The van der Waals surface area contributed by atoms with Gasteiger partial charge in [-0.3, -0.25) is 0 Å². The molecule has 0 radical (unpaired) electrons. The van der Waals surface area contributed by atoms with Crippen molar-refractivity contribution in [3.05, 3.63) is 17.1 Å². The van der Waals surface area contributed by atoms with Gasteiger partial charge < -0.3 is 9.73 Å². The Hall–Kier alpha value is -0.850. The van der Waals surface area contributed by atoms with Crippen LogP contribution in [0.4, 0.5) is 0 Å². The van der Waals surface area contributed by atoms with Crippen LogP contribution in [-0.4, -0.2) is 21.5 Å². The largest absolute Gasteiger partial charge is 0.465 e. The fourth-order valence-electron chi connectivity index (χ4n) is 2.84. The second-order valence-corrected chi connectivity index (χ2v) is 7.19. The Morgan fingerprint density at radius 2 is 1.71 bits per heavy atom. The lowest BCUT2D eigenvalue weighted by atomic mass is 9.96. The second kappa shape index (κ2) is 7.42. The van der Waals surface area contributed by atoms with Gasteiger partial charge in [0.05, 0.1) is 0 Å². The average Bonchev–Trinajstić information content (AvgIpc) is 2.66. The Bertz CT molecular complexity index is 560. The van der Waals surface area contributed by atoms with Gasteiger partial charge in [-0.1, -0.05) is 26.7 Å². The van der Waals surface area contributed by atoms with Crippen LogP contribution >= 0.6 is 0 Å². The third kappa shape index (κ3) is 4.08. The molecule has 21 heavy (non-hydrogen) atoms. The first-order valence-corrected chi connectivity index (χ1v) is 9.02. The number of rotatable bonds is 8. The third-order valence-corrected chi connectivity index (χ3v) is 5.80. The van der Waals surface area contributed by atoms with E-state index >= 15 is 0 Å². The quantitative estimate of drug-likeness (QED) is 0.773. The monoisotopic (exact) mass is 316 g/mol. The van der Waals surface area contributed by atoms with E-state index in [1.54, 1.807) is 20.9 Å². The summed E-state index contributed by atoms with van der Waals surface area (Å²) in [6.07, 6.45) is 1.90. The van der Waals surface area contributed by atoms with Crippen LogP contribution in [0, 0.1) is 19.8 Å².